The van der Waals surface area contributed by atoms with Crippen LogP contribution in [0, 0.1) is 0 Å². The van der Waals surface area contributed by atoms with Gasteiger partial charge in [0.05, 0.1) is 13.2 Å². The summed E-state index contributed by atoms with van der Waals surface area (Å²) in [6.07, 6.45) is 0. The van der Waals surface area contributed by atoms with Crippen molar-refractivity contribution >= 4 is 7.60 Å². The van der Waals surface area contributed by atoms with Crippen LogP contribution in [0.15, 0.2) is 0 Å². The van der Waals surface area contributed by atoms with Gasteiger partial charge in [0, 0.05) is 26.9 Å². The summed E-state index contributed by atoms with van der Waals surface area (Å²) in [4.78, 5) is 1.63. The zero-order valence-corrected chi connectivity index (χ0v) is 9.44. The summed E-state index contributed by atoms with van der Waals surface area (Å²) in [5, 5.41) is 17.3. The largest absolute Gasteiger partial charge is 0.395 e. The Morgan fingerprint density at radius 1 is 1.29 bits per heavy atom. The highest BCUT2D eigenvalue weighted by Gasteiger charge is 2.16. The Bertz CT molecular complexity index is 183. The minimum Gasteiger partial charge on any atom is -0.395 e. The van der Waals surface area contributed by atoms with E-state index in [0.717, 1.165) is 0 Å². The number of aliphatic hydroxyl groups is 2. The van der Waals surface area contributed by atoms with Gasteiger partial charge >= 0.3 is 7.60 Å². The minimum atomic E-state index is -2.98. The van der Waals surface area contributed by atoms with Crippen LogP contribution in [0.2, 0.25) is 0 Å². The first-order chi connectivity index (χ1) is 6.55. The lowest BCUT2D eigenvalue weighted by Crippen LogP contribution is -2.31. The van der Waals surface area contributed by atoms with E-state index in [0.29, 0.717) is 13.1 Å². The van der Waals surface area contributed by atoms with E-state index in [1.54, 1.807) is 4.90 Å². The second-order valence-corrected chi connectivity index (χ2v) is 4.94. The Labute approximate surface area is 84.0 Å². The van der Waals surface area contributed by atoms with Crippen LogP contribution < -0.4 is 0 Å². The van der Waals surface area contributed by atoms with Gasteiger partial charge in [-0.15, -0.1) is 0 Å². The molecular weight excluding hydrogens is 209 g/mol. The normalized spacial score (nSPS) is 15.8. The van der Waals surface area contributed by atoms with E-state index in [1.807, 2.05) is 0 Å². The van der Waals surface area contributed by atoms with Crippen LogP contribution in [0.5, 0.6) is 0 Å². The predicted octanol–water partition coefficient (Wildman–Crippen LogP) is -0.284. The Hall–Kier alpha value is 0.0300. The molecule has 0 saturated carbocycles. The van der Waals surface area contributed by atoms with Gasteiger partial charge in [0.2, 0.25) is 0 Å². The summed E-state index contributed by atoms with van der Waals surface area (Å²) in [6.45, 7) is 2.09. The first-order valence-electron chi connectivity index (χ1n) is 4.27. The summed E-state index contributed by atoms with van der Waals surface area (Å²) in [5.41, 5.74) is 0. The molecule has 0 aromatic heterocycles. The quantitative estimate of drug-likeness (QED) is 0.438. The van der Waals surface area contributed by atoms with E-state index in [1.165, 1.54) is 13.8 Å². The number of nitrogens with zero attached hydrogens (tertiary/aromatic N) is 1. The van der Waals surface area contributed by atoms with Crippen molar-refractivity contribution in [1.82, 2.24) is 4.90 Å². The Morgan fingerprint density at radius 3 is 2.14 bits per heavy atom. The molecule has 14 heavy (non-hydrogen) atoms. The molecule has 0 heterocycles. The minimum absolute atomic E-state index is 0.0373. The van der Waals surface area contributed by atoms with Gasteiger partial charge in [-0.05, 0) is 0 Å². The average molecular weight is 227 g/mol. The second-order valence-electron chi connectivity index (χ2n) is 2.78. The molecule has 0 aromatic rings. The Balaban J connectivity index is 3.86. The monoisotopic (exact) mass is 227 g/mol. The molecule has 7 heteroatoms. The van der Waals surface area contributed by atoms with Gasteiger partial charge in [0.1, 0.15) is 6.73 Å². The fourth-order valence-electron chi connectivity index (χ4n) is 0.763. The lowest BCUT2D eigenvalue weighted by molar-refractivity contribution is 0.0758. The highest BCUT2D eigenvalue weighted by Crippen LogP contribution is 2.42. The highest BCUT2D eigenvalue weighted by molar-refractivity contribution is 7.52. The van der Waals surface area contributed by atoms with Crippen LogP contribution in [-0.4, -0.2) is 61.9 Å². The van der Waals surface area contributed by atoms with Gasteiger partial charge in [-0.25, -0.2) is 0 Å². The molecule has 6 nitrogen and oxygen atoms in total. The Morgan fingerprint density at radius 2 is 1.79 bits per heavy atom. The molecule has 0 aliphatic rings. The molecular formula is C7H18NO5P. The van der Waals surface area contributed by atoms with Crippen molar-refractivity contribution in [3.05, 3.63) is 0 Å². The first kappa shape index (κ1) is 14.0. The lowest BCUT2D eigenvalue weighted by Gasteiger charge is -2.21. The summed E-state index contributed by atoms with van der Waals surface area (Å²) in [5.74, 6) is 0. The van der Waals surface area contributed by atoms with Gasteiger partial charge < -0.3 is 14.7 Å². The van der Waals surface area contributed by atoms with Crippen molar-refractivity contribution in [1.29, 1.82) is 0 Å². The lowest BCUT2D eigenvalue weighted by atomic mass is 10.5. The maximum atomic E-state index is 11.3. The molecule has 1 atom stereocenters. The third-order valence-electron chi connectivity index (χ3n) is 1.64. The van der Waals surface area contributed by atoms with E-state index in [-0.39, 0.29) is 19.9 Å². The molecule has 1 unspecified atom stereocenters. The van der Waals surface area contributed by atoms with E-state index >= 15 is 0 Å². The molecule has 0 aliphatic heterocycles. The third-order valence-corrected chi connectivity index (χ3v) is 2.89. The average Bonchev–Trinajstić information content (AvgIpc) is 2.15. The molecule has 0 aliphatic carbocycles. The van der Waals surface area contributed by atoms with Crippen molar-refractivity contribution in [2.75, 3.05) is 46.8 Å². The molecule has 0 aromatic carbocycles. The topological polar surface area (TPSA) is 79.2 Å². The zero-order valence-electron chi connectivity index (χ0n) is 8.55. The second kappa shape index (κ2) is 7.34. The highest BCUT2D eigenvalue weighted by atomic mass is 31.2. The smallest absolute Gasteiger partial charge is 0.328 e. The molecule has 0 bridgehead atoms. The van der Waals surface area contributed by atoms with Crippen LogP contribution in [-0.2, 0) is 13.6 Å². The van der Waals surface area contributed by atoms with Gasteiger partial charge in [-0.1, -0.05) is 0 Å². The van der Waals surface area contributed by atoms with E-state index in [2.05, 4.69) is 4.52 Å². The van der Waals surface area contributed by atoms with Crippen LogP contribution in [0.4, 0.5) is 0 Å². The van der Waals surface area contributed by atoms with Crippen molar-refractivity contribution in [2.24, 2.45) is 0 Å². The summed E-state index contributed by atoms with van der Waals surface area (Å²) < 4.78 is 20.9. The maximum absolute atomic E-state index is 11.3. The third kappa shape index (κ3) is 6.48. The molecule has 2 N–H and O–H groups in total. The number of rotatable bonds is 8. The van der Waals surface area contributed by atoms with E-state index in [9.17, 15) is 4.57 Å². The fourth-order valence-corrected chi connectivity index (χ4v) is 1.24. The van der Waals surface area contributed by atoms with Crippen molar-refractivity contribution in [3.63, 3.8) is 0 Å². The molecule has 0 radical (unpaired) electrons. The van der Waals surface area contributed by atoms with Crippen LogP contribution in [0.25, 0.3) is 0 Å². The van der Waals surface area contributed by atoms with E-state index in [4.69, 9.17) is 14.7 Å². The molecule has 0 rings (SSSR count). The summed E-state index contributed by atoms with van der Waals surface area (Å²) in [6, 6.07) is 0. The number of hydrogen-bond donors (Lipinski definition) is 2. The molecule has 0 fully saturated rings. The zero-order chi connectivity index (χ0) is 11.0. The molecule has 86 valence electrons. The van der Waals surface area contributed by atoms with Crippen LogP contribution >= 0.6 is 7.60 Å². The predicted molar refractivity (Wildman–Crippen MR) is 52.2 cm³/mol. The van der Waals surface area contributed by atoms with Crippen molar-refractivity contribution < 1.29 is 23.8 Å². The maximum Gasteiger partial charge on any atom is 0.328 e. The van der Waals surface area contributed by atoms with Gasteiger partial charge in [0.25, 0.3) is 0 Å². The first-order valence-corrected chi connectivity index (χ1v) is 6.26. The molecule has 0 saturated heterocycles. The molecule has 0 spiro atoms. The van der Waals surface area contributed by atoms with Crippen molar-refractivity contribution in [3.8, 4) is 0 Å². The van der Waals surface area contributed by atoms with Crippen molar-refractivity contribution in [2.45, 2.75) is 0 Å². The summed E-state index contributed by atoms with van der Waals surface area (Å²) in [7, 11) is -1.67. The van der Waals surface area contributed by atoms with E-state index < -0.39 is 7.60 Å². The molecule has 0 amide bonds. The summed E-state index contributed by atoms with van der Waals surface area (Å²) >= 11 is 0. The van der Waals surface area contributed by atoms with Gasteiger partial charge in [-0.3, -0.25) is 14.0 Å². The van der Waals surface area contributed by atoms with Crippen LogP contribution in [0.3, 0.4) is 0 Å². The SMILES string of the molecule is COP(C)(=O)OCN(CCO)CCO. The fraction of sp³-hybridized carbons (Fsp3) is 1.00. The van der Waals surface area contributed by atoms with Gasteiger partial charge in [0.15, 0.2) is 0 Å². The number of aliphatic hydroxyl groups excluding tert-OH is 2. The van der Waals surface area contributed by atoms with Crippen LogP contribution in [0.1, 0.15) is 0 Å². The van der Waals surface area contributed by atoms with Gasteiger partial charge in [-0.2, -0.15) is 0 Å². The Kier molecular flexibility index (Phi) is 7.35. The standard InChI is InChI=1S/C7H18NO5P/c1-12-14(2,11)13-7-8(3-5-9)4-6-10/h9-10H,3-7H2,1-2H3. The number of hydrogen-bond acceptors (Lipinski definition) is 6.